The van der Waals surface area contributed by atoms with E-state index in [0.29, 0.717) is 11.1 Å². The molecule has 0 aliphatic heterocycles. The number of rotatable bonds is 7. The van der Waals surface area contributed by atoms with Crippen LogP contribution in [0.15, 0.2) is 17.2 Å². The predicted octanol–water partition coefficient (Wildman–Crippen LogP) is 2.86. The fraction of sp³-hybridized carbons (Fsp3) is 0.421. The molecule has 0 unspecified atom stereocenters. The Labute approximate surface area is 174 Å². The standard InChI is InChI=1S/C19H23ClN2O6S/c1-10(2)19(24)28-9-27-18-14(8-21-22(18)5)16(23)13-7-11(3)17(29(6,25)26)12(4)15(13)20/h7-8,10H,9H2,1-6H3. The lowest BCUT2D eigenvalue weighted by atomic mass is 10.0. The van der Waals surface area contributed by atoms with Crippen LogP contribution in [0.3, 0.4) is 0 Å². The molecule has 8 nitrogen and oxygen atoms in total. The Bertz CT molecular complexity index is 1070. The number of hydrogen-bond donors (Lipinski definition) is 0. The number of aryl methyl sites for hydroxylation is 2. The minimum Gasteiger partial charge on any atom is -0.440 e. The Morgan fingerprint density at radius 1 is 1.24 bits per heavy atom. The van der Waals surface area contributed by atoms with Crippen molar-refractivity contribution in [3.63, 3.8) is 0 Å². The summed E-state index contributed by atoms with van der Waals surface area (Å²) < 4.78 is 35.8. The molecule has 1 heterocycles. The first-order chi connectivity index (χ1) is 13.4. The molecular formula is C19H23ClN2O6S. The largest absolute Gasteiger partial charge is 0.440 e. The number of carbonyl (C=O) groups excluding carboxylic acids is 2. The Kier molecular flexibility index (Phi) is 6.74. The maximum Gasteiger partial charge on any atom is 0.311 e. The number of sulfone groups is 1. The first-order valence-corrected chi connectivity index (χ1v) is 11.0. The number of hydrogen-bond acceptors (Lipinski definition) is 7. The van der Waals surface area contributed by atoms with Crippen molar-refractivity contribution in [3.05, 3.63) is 39.5 Å². The molecule has 0 saturated heterocycles. The Morgan fingerprint density at radius 3 is 2.41 bits per heavy atom. The van der Waals surface area contributed by atoms with E-state index in [9.17, 15) is 18.0 Å². The number of carbonyl (C=O) groups is 2. The number of ketones is 1. The molecule has 0 aliphatic carbocycles. The lowest BCUT2D eigenvalue weighted by molar-refractivity contribution is -0.154. The molecule has 0 atom stereocenters. The monoisotopic (exact) mass is 442 g/mol. The summed E-state index contributed by atoms with van der Waals surface area (Å²) in [5.74, 6) is -1.14. The molecule has 0 spiro atoms. The van der Waals surface area contributed by atoms with Gasteiger partial charge in [-0.2, -0.15) is 5.10 Å². The summed E-state index contributed by atoms with van der Waals surface area (Å²) in [5, 5.41) is 4.06. The van der Waals surface area contributed by atoms with Crippen molar-refractivity contribution in [2.75, 3.05) is 13.0 Å². The summed E-state index contributed by atoms with van der Waals surface area (Å²) in [4.78, 5) is 24.8. The van der Waals surface area contributed by atoms with Crippen LogP contribution in [0.4, 0.5) is 0 Å². The van der Waals surface area contributed by atoms with Gasteiger partial charge in [-0.1, -0.05) is 25.4 Å². The summed E-state index contributed by atoms with van der Waals surface area (Å²) in [6, 6.07) is 1.43. The maximum absolute atomic E-state index is 13.1. The molecule has 10 heteroatoms. The van der Waals surface area contributed by atoms with Gasteiger partial charge in [-0.15, -0.1) is 0 Å². The van der Waals surface area contributed by atoms with E-state index in [-0.39, 0.29) is 39.6 Å². The zero-order chi connectivity index (χ0) is 22.1. The van der Waals surface area contributed by atoms with Crippen LogP contribution in [-0.4, -0.2) is 43.0 Å². The molecule has 0 fully saturated rings. The van der Waals surface area contributed by atoms with E-state index in [4.69, 9.17) is 21.1 Å². The van der Waals surface area contributed by atoms with Crippen molar-refractivity contribution in [1.29, 1.82) is 0 Å². The second-order valence-corrected chi connectivity index (χ2v) is 9.31. The van der Waals surface area contributed by atoms with Crippen LogP contribution in [0.25, 0.3) is 0 Å². The molecule has 0 radical (unpaired) electrons. The molecule has 158 valence electrons. The molecule has 0 N–H and O–H groups in total. The van der Waals surface area contributed by atoms with E-state index >= 15 is 0 Å². The minimum absolute atomic E-state index is 0.0436. The first kappa shape index (κ1) is 22.9. The van der Waals surface area contributed by atoms with Crippen LogP contribution in [0.5, 0.6) is 5.88 Å². The Balaban J connectivity index is 2.41. The van der Waals surface area contributed by atoms with Crippen LogP contribution in [0.2, 0.25) is 5.02 Å². The molecule has 1 aromatic carbocycles. The molecular weight excluding hydrogens is 420 g/mol. The zero-order valence-electron chi connectivity index (χ0n) is 17.1. The molecule has 2 aromatic rings. The molecule has 2 rings (SSSR count). The van der Waals surface area contributed by atoms with Gasteiger partial charge in [-0.3, -0.25) is 9.59 Å². The lowest BCUT2D eigenvalue weighted by Gasteiger charge is -2.14. The third-order valence-electron chi connectivity index (χ3n) is 4.24. The number of benzene rings is 1. The topological polar surface area (TPSA) is 105 Å². The lowest BCUT2D eigenvalue weighted by Crippen LogP contribution is -2.17. The average Bonchev–Trinajstić information content (AvgIpc) is 2.97. The van der Waals surface area contributed by atoms with Crippen molar-refractivity contribution < 1.29 is 27.5 Å². The minimum atomic E-state index is -3.51. The van der Waals surface area contributed by atoms with Crippen molar-refractivity contribution in [3.8, 4) is 5.88 Å². The van der Waals surface area contributed by atoms with E-state index in [1.165, 1.54) is 16.9 Å². The normalized spacial score (nSPS) is 11.6. The third-order valence-corrected chi connectivity index (χ3v) is 6.09. The van der Waals surface area contributed by atoms with E-state index in [1.54, 1.807) is 34.7 Å². The highest BCUT2D eigenvalue weighted by atomic mass is 35.5. The van der Waals surface area contributed by atoms with E-state index in [0.717, 1.165) is 6.26 Å². The third kappa shape index (κ3) is 4.79. The maximum atomic E-state index is 13.1. The molecule has 0 saturated carbocycles. The number of aromatic nitrogens is 2. The first-order valence-electron chi connectivity index (χ1n) is 8.72. The highest BCUT2D eigenvalue weighted by molar-refractivity contribution is 7.90. The summed E-state index contributed by atoms with van der Waals surface area (Å²) >= 11 is 6.34. The zero-order valence-corrected chi connectivity index (χ0v) is 18.6. The van der Waals surface area contributed by atoms with Crippen molar-refractivity contribution in [1.82, 2.24) is 9.78 Å². The molecule has 0 amide bonds. The van der Waals surface area contributed by atoms with Gasteiger partial charge in [0.15, 0.2) is 9.84 Å². The van der Waals surface area contributed by atoms with Crippen molar-refractivity contribution in [2.24, 2.45) is 13.0 Å². The molecule has 0 bridgehead atoms. The van der Waals surface area contributed by atoms with Gasteiger partial charge in [-0.25, -0.2) is 13.1 Å². The summed E-state index contributed by atoms with van der Waals surface area (Å²) in [6.45, 7) is 6.15. The highest BCUT2D eigenvalue weighted by Crippen LogP contribution is 2.33. The summed E-state index contributed by atoms with van der Waals surface area (Å²) in [5.41, 5.74) is 0.955. The van der Waals surface area contributed by atoms with Crippen LogP contribution < -0.4 is 4.74 Å². The number of nitrogens with zero attached hydrogens (tertiary/aromatic N) is 2. The Hall–Kier alpha value is -2.39. The molecule has 29 heavy (non-hydrogen) atoms. The second kappa shape index (κ2) is 8.54. The number of ether oxygens (including phenoxy) is 2. The van der Waals surface area contributed by atoms with E-state index in [2.05, 4.69) is 5.10 Å². The van der Waals surface area contributed by atoms with E-state index in [1.807, 2.05) is 0 Å². The summed E-state index contributed by atoms with van der Waals surface area (Å²) in [7, 11) is -1.94. The van der Waals surface area contributed by atoms with Gasteiger partial charge < -0.3 is 9.47 Å². The quantitative estimate of drug-likeness (QED) is 0.369. The summed E-state index contributed by atoms with van der Waals surface area (Å²) in [6.07, 6.45) is 2.40. The number of esters is 1. The SMILES string of the molecule is Cc1cc(C(=O)c2cnn(C)c2OCOC(=O)C(C)C)c(Cl)c(C)c1S(C)(=O)=O. The smallest absolute Gasteiger partial charge is 0.311 e. The fourth-order valence-corrected chi connectivity index (χ4v) is 4.48. The molecule has 0 aliphatic rings. The van der Waals surface area contributed by atoms with Crippen molar-refractivity contribution >= 4 is 33.2 Å². The van der Waals surface area contributed by atoms with Gasteiger partial charge in [0.05, 0.1) is 22.0 Å². The van der Waals surface area contributed by atoms with E-state index < -0.39 is 21.6 Å². The van der Waals surface area contributed by atoms with Gasteiger partial charge in [0.25, 0.3) is 0 Å². The van der Waals surface area contributed by atoms with Crippen LogP contribution in [-0.2, 0) is 26.4 Å². The van der Waals surface area contributed by atoms with Gasteiger partial charge in [0.1, 0.15) is 5.56 Å². The van der Waals surface area contributed by atoms with Gasteiger partial charge >= 0.3 is 5.97 Å². The number of halogens is 1. The van der Waals surface area contributed by atoms with Crippen LogP contribution >= 0.6 is 11.6 Å². The van der Waals surface area contributed by atoms with Crippen LogP contribution in [0.1, 0.15) is 40.9 Å². The van der Waals surface area contributed by atoms with Crippen molar-refractivity contribution in [2.45, 2.75) is 32.6 Å². The van der Waals surface area contributed by atoms with Crippen LogP contribution in [0, 0.1) is 19.8 Å². The average molecular weight is 443 g/mol. The highest BCUT2D eigenvalue weighted by Gasteiger charge is 2.26. The second-order valence-electron chi connectivity index (χ2n) is 6.98. The fourth-order valence-electron chi connectivity index (χ4n) is 2.89. The predicted molar refractivity (Wildman–Crippen MR) is 107 cm³/mol. The van der Waals surface area contributed by atoms with Gasteiger partial charge in [-0.05, 0) is 31.0 Å². The van der Waals surface area contributed by atoms with Gasteiger partial charge in [0.2, 0.25) is 18.5 Å². The molecule has 1 aromatic heterocycles. The Morgan fingerprint density at radius 2 is 1.86 bits per heavy atom. The van der Waals surface area contributed by atoms with Gasteiger partial charge in [0, 0.05) is 18.9 Å².